The Morgan fingerprint density at radius 2 is 2.14 bits per heavy atom. The number of aryl methyl sites for hydroxylation is 1. The van der Waals surface area contributed by atoms with Crippen molar-refractivity contribution in [3.8, 4) is 0 Å². The molecule has 5 nitrogen and oxygen atoms in total. The molecule has 1 aliphatic rings. The van der Waals surface area contributed by atoms with Crippen LogP contribution in [0.4, 0.5) is 5.13 Å². The van der Waals surface area contributed by atoms with Gasteiger partial charge >= 0.3 is 0 Å². The smallest absolute Gasteiger partial charge is 0.293 e. The second kappa shape index (κ2) is 5.06. The molecule has 0 saturated heterocycles. The molecule has 3 aromatic rings. The fourth-order valence-electron chi connectivity index (χ4n) is 2.57. The van der Waals surface area contributed by atoms with Gasteiger partial charge in [0, 0.05) is 11.8 Å². The Hall–Kier alpha value is -2.47. The molecule has 2 aromatic heterocycles. The Kier molecular flexibility index (Phi) is 3.04. The van der Waals surface area contributed by atoms with Crippen LogP contribution in [0.3, 0.4) is 0 Å². The number of thiazole rings is 1. The van der Waals surface area contributed by atoms with Crippen molar-refractivity contribution in [2.75, 3.05) is 5.32 Å². The monoisotopic (exact) mass is 312 g/mol. The van der Waals surface area contributed by atoms with Crippen LogP contribution in [-0.2, 0) is 6.42 Å². The SMILES string of the molecule is O=C(Nc1nc2c(s1)C(=O)CCC2)c1cc2ccccc2o1. The molecule has 0 bridgehead atoms. The van der Waals surface area contributed by atoms with Crippen LogP contribution < -0.4 is 5.32 Å². The third-order valence-electron chi connectivity index (χ3n) is 3.64. The molecular weight excluding hydrogens is 300 g/mol. The van der Waals surface area contributed by atoms with Crippen molar-refractivity contribution in [1.29, 1.82) is 0 Å². The topological polar surface area (TPSA) is 72.2 Å². The summed E-state index contributed by atoms with van der Waals surface area (Å²) in [4.78, 5) is 29.1. The van der Waals surface area contributed by atoms with Gasteiger partial charge in [0.2, 0.25) is 0 Å². The first-order chi connectivity index (χ1) is 10.7. The number of fused-ring (bicyclic) bond motifs is 2. The molecule has 6 heteroatoms. The van der Waals surface area contributed by atoms with E-state index in [-0.39, 0.29) is 17.5 Å². The summed E-state index contributed by atoms with van der Waals surface area (Å²) >= 11 is 1.24. The van der Waals surface area contributed by atoms with Crippen molar-refractivity contribution in [1.82, 2.24) is 4.98 Å². The van der Waals surface area contributed by atoms with Gasteiger partial charge < -0.3 is 4.42 Å². The number of hydrogen-bond donors (Lipinski definition) is 1. The number of furan rings is 1. The van der Waals surface area contributed by atoms with Gasteiger partial charge in [-0.1, -0.05) is 29.5 Å². The largest absolute Gasteiger partial charge is 0.451 e. The fraction of sp³-hybridized carbons (Fsp3) is 0.188. The number of hydrogen-bond acceptors (Lipinski definition) is 5. The summed E-state index contributed by atoms with van der Waals surface area (Å²) in [6.07, 6.45) is 2.18. The van der Waals surface area contributed by atoms with Gasteiger partial charge in [0.1, 0.15) is 5.58 Å². The zero-order valence-electron chi connectivity index (χ0n) is 11.6. The average Bonchev–Trinajstić information content (AvgIpc) is 3.11. The second-order valence-corrected chi connectivity index (χ2v) is 6.17. The van der Waals surface area contributed by atoms with Crippen molar-refractivity contribution in [3.63, 3.8) is 0 Å². The first-order valence-corrected chi connectivity index (χ1v) is 7.85. The van der Waals surface area contributed by atoms with Crippen LogP contribution in [-0.4, -0.2) is 16.7 Å². The third-order valence-corrected chi connectivity index (χ3v) is 4.69. The van der Waals surface area contributed by atoms with Gasteiger partial charge in [-0.3, -0.25) is 14.9 Å². The van der Waals surface area contributed by atoms with E-state index in [0.717, 1.165) is 23.9 Å². The van der Waals surface area contributed by atoms with Crippen LogP contribution >= 0.6 is 11.3 Å². The summed E-state index contributed by atoms with van der Waals surface area (Å²) in [6.45, 7) is 0. The zero-order valence-corrected chi connectivity index (χ0v) is 12.4. The number of rotatable bonds is 2. The molecule has 1 aliphatic carbocycles. The molecule has 0 radical (unpaired) electrons. The van der Waals surface area contributed by atoms with Gasteiger partial charge in [0.25, 0.3) is 5.91 Å². The minimum atomic E-state index is -0.352. The summed E-state index contributed by atoms with van der Waals surface area (Å²) in [5.41, 5.74) is 1.46. The van der Waals surface area contributed by atoms with E-state index in [4.69, 9.17) is 4.42 Å². The standard InChI is InChI=1S/C16H12N2O3S/c19-11-6-3-5-10-14(11)22-16(17-10)18-15(20)13-8-9-4-1-2-7-12(9)21-13/h1-2,4,7-8H,3,5-6H2,(H,17,18,20). The Labute approximate surface area is 130 Å². The molecule has 4 rings (SSSR count). The lowest BCUT2D eigenvalue weighted by Gasteiger charge is -2.05. The number of anilines is 1. The number of amides is 1. The van der Waals surface area contributed by atoms with E-state index in [1.54, 1.807) is 6.07 Å². The zero-order chi connectivity index (χ0) is 15.1. The highest BCUT2D eigenvalue weighted by Crippen LogP contribution is 2.30. The minimum Gasteiger partial charge on any atom is -0.451 e. The number of nitrogens with one attached hydrogen (secondary N) is 1. The van der Waals surface area contributed by atoms with Gasteiger partial charge in [-0.2, -0.15) is 0 Å². The van der Waals surface area contributed by atoms with Gasteiger partial charge in [-0.05, 0) is 25.0 Å². The summed E-state index contributed by atoms with van der Waals surface area (Å²) in [6, 6.07) is 9.14. The van der Waals surface area contributed by atoms with Gasteiger partial charge in [0.15, 0.2) is 16.7 Å². The molecule has 1 amide bonds. The molecule has 0 atom stereocenters. The molecule has 0 fully saturated rings. The number of nitrogens with zero attached hydrogens (tertiary/aromatic N) is 1. The molecule has 1 aromatic carbocycles. The maximum atomic E-state index is 12.3. The molecule has 22 heavy (non-hydrogen) atoms. The van der Waals surface area contributed by atoms with E-state index in [1.807, 2.05) is 24.3 Å². The average molecular weight is 312 g/mol. The van der Waals surface area contributed by atoms with Crippen LogP contribution in [0, 0.1) is 0 Å². The first kappa shape index (κ1) is 13.2. The predicted molar refractivity (Wildman–Crippen MR) is 83.5 cm³/mol. The highest BCUT2D eigenvalue weighted by Gasteiger charge is 2.23. The molecule has 0 saturated carbocycles. The van der Waals surface area contributed by atoms with Crippen molar-refractivity contribution in [2.24, 2.45) is 0 Å². The summed E-state index contributed by atoms with van der Waals surface area (Å²) in [5.74, 6) is -0.00145. The maximum absolute atomic E-state index is 12.3. The molecule has 1 N–H and O–H groups in total. The van der Waals surface area contributed by atoms with E-state index in [0.29, 0.717) is 22.0 Å². The van der Waals surface area contributed by atoms with E-state index in [2.05, 4.69) is 10.3 Å². The molecular formula is C16H12N2O3S. The van der Waals surface area contributed by atoms with Crippen LogP contribution in [0.1, 0.15) is 38.8 Å². The lowest BCUT2D eigenvalue weighted by atomic mass is 10.0. The first-order valence-electron chi connectivity index (χ1n) is 7.03. The van der Waals surface area contributed by atoms with E-state index in [1.165, 1.54) is 11.3 Å². The van der Waals surface area contributed by atoms with Crippen LogP contribution in [0.5, 0.6) is 0 Å². The quantitative estimate of drug-likeness (QED) is 0.784. The Morgan fingerprint density at radius 3 is 2.95 bits per heavy atom. The number of benzene rings is 1. The lowest BCUT2D eigenvalue weighted by molar-refractivity contribution is 0.0974. The Balaban J connectivity index is 1.60. The Morgan fingerprint density at radius 1 is 1.27 bits per heavy atom. The van der Waals surface area contributed by atoms with Gasteiger partial charge in [-0.25, -0.2) is 4.98 Å². The van der Waals surface area contributed by atoms with Crippen LogP contribution in [0.15, 0.2) is 34.7 Å². The third kappa shape index (κ3) is 2.21. The lowest BCUT2D eigenvalue weighted by Crippen LogP contribution is -2.10. The molecule has 0 unspecified atom stereocenters. The van der Waals surface area contributed by atoms with Crippen molar-refractivity contribution < 1.29 is 14.0 Å². The summed E-state index contributed by atoms with van der Waals surface area (Å²) in [7, 11) is 0. The highest BCUT2D eigenvalue weighted by atomic mass is 32.1. The highest BCUT2D eigenvalue weighted by molar-refractivity contribution is 7.17. The van der Waals surface area contributed by atoms with E-state index >= 15 is 0 Å². The van der Waals surface area contributed by atoms with Crippen LogP contribution in [0.2, 0.25) is 0 Å². The minimum absolute atomic E-state index is 0.114. The molecule has 2 heterocycles. The predicted octanol–water partition coefficient (Wildman–Crippen LogP) is 3.66. The molecule has 0 aliphatic heterocycles. The number of carbonyl (C=O) groups excluding carboxylic acids is 2. The number of Topliss-reactive ketones (excluding diaryl/α,β-unsaturated/α-hetero) is 1. The van der Waals surface area contributed by atoms with Gasteiger partial charge in [0.05, 0.1) is 10.6 Å². The van der Waals surface area contributed by atoms with Crippen molar-refractivity contribution in [2.45, 2.75) is 19.3 Å². The summed E-state index contributed by atoms with van der Waals surface area (Å²) < 4.78 is 5.52. The normalized spacial score (nSPS) is 14.1. The number of carbonyl (C=O) groups is 2. The number of aromatic nitrogens is 1. The Bertz CT molecular complexity index is 861. The summed E-state index contributed by atoms with van der Waals surface area (Å²) in [5, 5.41) is 4.05. The molecule has 110 valence electrons. The van der Waals surface area contributed by atoms with E-state index in [9.17, 15) is 9.59 Å². The fourth-order valence-corrected chi connectivity index (χ4v) is 3.55. The van der Waals surface area contributed by atoms with Gasteiger partial charge in [-0.15, -0.1) is 0 Å². The number of ketones is 1. The second-order valence-electron chi connectivity index (χ2n) is 5.17. The number of para-hydroxylation sites is 1. The molecule has 0 spiro atoms. The van der Waals surface area contributed by atoms with Crippen molar-refractivity contribution >= 4 is 39.1 Å². The van der Waals surface area contributed by atoms with Crippen LogP contribution in [0.25, 0.3) is 11.0 Å². The maximum Gasteiger partial charge on any atom is 0.293 e. The van der Waals surface area contributed by atoms with Crippen molar-refractivity contribution in [3.05, 3.63) is 46.7 Å². The van der Waals surface area contributed by atoms with E-state index < -0.39 is 0 Å².